The summed E-state index contributed by atoms with van der Waals surface area (Å²) in [6.45, 7) is 6.31. The van der Waals surface area contributed by atoms with Crippen molar-refractivity contribution >= 4 is 24.5 Å². The van der Waals surface area contributed by atoms with E-state index in [4.69, 9.17) is 14.6 Å². The lowest BCUT2D eigenvalue weighted by Crippen LogP contribution is -2.21. The topological polar surface area (TPSA) is 89.9 Å². The molecule has 1 aromatic rings. The zero-order valence-corrected chi connectivity index (χ0v) is 17.7. The Bertz CT molecular complexity index is 810. The van der Waals surface area contributed by atoms with E-state index in [1.807, 2.05) is 38.1 Å². The molecular formula is C24H30O6. The highest BCUT2D eigenvalue weighted by Gasteiger charge is 2.28. The molecule has 0 heterocycles. The first kappa shape index (κ1) is 23.4. The molecule has 30 heavy (non-hydrogen) atoms. The second kappa shape index (κ2) is 11.3. The van der Waals surface area contributed by atoms with E-state index >= 15 is 0 Å². The third-order valence-corrected chi connectivity index (χ3v) is 5.62. The van der Waals surface area contributed by atoms with E-state index in [1.54, 1.807) is 0 Å². The smallest absolute Gasteiger partial charge is 0.327 e. The minimum atomic E-state index is -1.03. The molecule has 0 spiro atoms. The molecule has 0 bridgehead atoms. The highest BCUT2D eigenvalue weighted by molar-refractivity contribution is 5.79. The normalized spacial score (nSPS) is 19.7. The van der Waals surface area contributed by atoms with Crippen LogP contribution in [-0.2, 0) is 19.1 Å². The number of hydrogen-bond donors (Lipinski definition) is 1. The van der Waals surface area contributed by atoms with Gasteiger partial charge in [0.2, 0.25) is 0 Å². The highest BCUT2D eigenvalue weighted by atomic mass is 16.5. The summed E-state index contributed by atoms with van der Waals surface area (Å²) in [5.41, 5.74) is 2.02. The van der Waals surface area contributed by atoms with E-state index in [-0.39, 0.29) is 23.7 Å². The van der Waals surface area contributed by atoms with Gasteiger partial charge in [0.25, 0.3) is 6.47 Å². The first-order valence-corrected chi connectivity index (χ1v) is 10.4. The molecule has 1 N–H and O–H groups in total. The number of esters is 1. The van der Waals surface area contributed by atoms with Gasteiger partial charge < -0.3 is 14.6 Å². The number of carboxylic acids is 1. The Morgan fingerprint density at radius 2 is 2.07 bits per heavy atom. The van der Waals surface area contributed by atoms with Gasteiger partial charge in [-0.05, 0) is 42.7 Å². The van der Waals surface area contributed by atoms with E-state index in [9.17, 15) is 14.4 Å². The number of fused-ring (bicyclic) bond motifs is 1. The lowest BCUT2D eigenvalue weighted by molar-refractivity contribution is -0.138. The summed E-state index contributed by atoms with van der Waals surface area (Å²) in [5, 5.41) is 8.75. The molecule has 0 fully saturated rings. The Balaban J connectivity index is 2.21. The van der Waals surface area contributed by atoms with E-state index < -0.39 is 12.1 Å². The van der Waals surface area contributed by atoms with Crippen LogP contribution < -0.4 is 4.74 Å². The van der Waals surface area contributed by atoms with Crippen LogP contribution in [0.5, 0.6) is 5.75 Å². The van der Waals surface area contributed by atoms with Gasteiger partial charge in [-0.15, -0.1) is 0 Å². The third-order valence-electron chi connectivity index (χ3n) is 5.62. The number of aliphatic carboxylic acids is 1. The van der Waals surface area contributed by atoms with Crippen molar-refractivity contribution in [3.63, 3.8) is 0 Å². The number of benzene rings is 1. The van der Waals surface area contributed by atoms with Crippen LogP contribution in [-0.4, -0.2) is 29.6 Å². The molecule has 1 aromatic carbocycles. The van der Waals surface area contributed by atoms with Crippen LogP contribution >= 0.6 is 0 Å². The van der Waals surface area contributed by atoms with E-state index in [2.05, 4.69) is 13.0 Å². The van der Waals surface area contributed by atoms with Crippen LogP contribution in [0.15, 0.2) is 36.4 Å². The van der Waals surface area contributed by atoms with Crippen molar-refractivity contribution in [1.29, 1.82) is 0 Å². The maximum atomic E-state index is 12.4. The summed E-state index contributed by atoms with van der Waals surface area (Å²) in [6.07, 6.45) is 8.63. The fraction of sp³-hybridized carbons (Fsp3) is 0.458. The average Bonchev–Trinajstić information content (AvgIpc) is 2.72. The predicted molar refractivity (Wildman–Crippen MR) is 114 cm³/mol. The highest BCUT2D eigenvalue weighted by Crippen LogP contribution is 2.43. The van der Waals surface area contributed by atoms with Gasteiger partial charge in [-0.2, -0.15) is 0 Å². The van der Waals surface area contributed by atoms with E-state index in [0.717, 1.165) is 17.2 Å². The Hall–Kier alpha value is -2.89. The fourth-order valence-corrected chi connectivity index (χ4v) is 3.63. The molecule has 0 radical (unpaired) electrons. The van der Waals surface area contributed by atoms with Crippen LogP contribution in [0, 0.1) is 11.8 Å². The minimum absolute atomic E-state index is 0.0899. The van der Waals surface area contributed by atoms with Gasteiger partial charge in [-0.1, -0.05) is 51.1 Å². The first-order valence-electron chi connectivity index (χ1n) is 10.4. The molecule has 2 rings (SSSR count). The van der Waals surface area contributed by atoms with Crippen LogP contribution in [0.3, 0.4) is 0 Å². The van der Waals surface area contributed by atoms with Gasteiger partial charge in [0.15, 0.2) is 0 Å². The number of hydrogen-bond acceptors (Lipinski definition) is 5. The average molecular weight is 414 g/mol. The largest absolute Gasteiger partial charge is 0.478 e. The maximum Gasteiger partial charge on any atom is 0.327 e. The maximum absolute atomic E-state index is 12.4. The van der Waals surface area contributed by atoms with Gasteiger partial charge in [0, 0.05) is 18.1 Å². The standard InChI is InChI=1S/C24H30O6/c1-4-16(2)24(28)30-21-9-5-7-18-12-11-17(3)20(23(18)21)14-13-19(29-15-25)8-6-10-22(26)27/h5-7,9-12,15-17,19-20H,4,8,13-14H2,1-3H3,(H,26,27)/b10-6+/t16-,17?,19?,20?/m0/s1. The molecule has 6 nitrogen and oxygen atoms in total. The molecule has 0 saturated carbocycles. The molecule has 3 unspecified atom stereocenters. The number of ether oxygens (including phenoxy) is 2. The van der Waals surface area contributed by atoms with Crippen molar-refractivity contribution in [2.75, 3.05) is 0 Å². The molecule has 0 saturated heterocycles. The number of rotatable bonds is 11. The first-order chi connectivity index (χ1) is 14.4. The molecule has 4 atom stereocenters. The SMILES string of the molecule is CC[C@H](C)C(=O)Oc1cccc2c1C(CCC(C/C=C/C(=O)O)OC=O)C(C)C=C2. The summed E-state index contributed by atoms with van der Waals surface area (Å²) < 4.78 is 10.9. The molecule has 1 aliphatic carbocycles. The second-order valence-electron chi connectivity index (χ2n) is 7.72. The quantitative estimate of drug-likeness (QED) is 0.243. The molecule has 0 aliphatic heterocycles. The van der Waals surface area contributed by atoms with E-state index in [0.29, 0.717) is 37.9 Å². The third kappa shape index (κ3) is 6.31. The van der Waals surface area contributed by atoms with Crippen LogP contribution in [0.2, 0.25) is 0 Å². The second-order valence-corrected chi connectivity index (χ2v) is 7.72. The Kier molecular flexibility index (Phi) is 8.84. The summed E-state index contributed by atoms with van der Waals surface area (Å²) in [7, 11) is 0. The summed E-state index contributed by atoms with van der Waals surface area (Å²) in [4.78, 5) is 33.9. The van der Waals surface area contributed by atoms with Crippen molar-refractivity contribution in [2.24, 2.45) is 11.8 Å². The Labute approximate surface area is 177 Å². The zero-order valence-electron chi connectivity index (χ0n) is 17.7. The van der Waals surface area contributed by atoms with Crippen molar-refractivity contribution < 1.29 is 29.0 Å². The van der Waals surface area contributed by atoms with Crippen LogP contribution in [0.4, 0.5) is 0 Å². The monoisotopic (exact) mass is 414 g/mol. The summed E-state index contributed by atoms with van der Waals surface area (Å²) in [5.74, 6) is -0.570. The van der Waals surface area contributed by atoms with Gasteiger partial charge >= 0.3 is 11.9 Å². The Morgan fingerprint density at radius 3 is 2.73 bits per heavy atom. The van der Waals surface area contributed by atoms with Gasteiger partial charge in [0.1, 0.15) is 11.9 Å². The fourth-order valence-electron chi connectivity index (χ4n) is 3.63. The van der Waals surface area contributed by atoms with Crippen molar-refractivity contribution in [3.8, 4) is 5.75 Å². The van der Waals surface area contributed by atoms with Gasteiger partial charge in [-0.3, -0.25) is 9.59 Å². The lowest BCUT2D eigenvalue weighted by atomic mass is 9.76. The van der Waals surface area contributed by atoms with Crippen molar-refractivity contribution in [3.05, 3.63) is 47.6 Å². The van der Waals surface area contributed by atoms with Gasteiger partial charge in [-0.25, -0.2) is 4.79 Å². The number of allylic oxidation sites excluding steroid dienone is 1. The van der Waals surface area contributed by atoms with Crippen molar-refractivity contribution in [1.82, 2.24) is 0 Å². The molecule has 1 aliphatic rings. The zero-order chi connectivity index (χ0) is 22.1. The summed E-state index contributed by atoms with van der Waals surface area (Å²) in [6, 6.07) is 5.71. The molecule has 0 aromatic heterocycles. The molecule has 162 valence electrons. The predicted octanol–water partition coefficient (Wildman–Crippen LogP) is 4.74. The number of carbonyl (C=O) groups excluding carboxylic acids is 2. The van der Waals surface area contributed by atoms with Gasteiger partial charge in [0.05, 0.1) is 5.92 Å². The van der Waals surface area contributed by atoms with Crippen LogP contribution in [0.25, 0.3) is 6.08 Å². The minimum Gasteiger partial charge on any atom is -0.478 e. The van der Waals surface area contributed by atoms with E-state index in [1.165, 1.54) is 6.08 Å². The molecule has 0 amide bonds. The number of carbonyl (C=O) groups is 3. The number of carboxylic acid groups (broad SMARTS) is 1. The van der Waals surface area contributed by atoms with Crippen molar-refractivity contribution in [2.45, 2.75) is 58.5 Å². The molecule has 6 heteroatoms. The Morgan fingerprint density at radius 1 is 1.30 bits per heavy atom. The summed E-state index contributed by atoms with van der Waals surface area (Å²) >= 11 is 0. The van der Waals surface area contributed by atoms with Crippen LogP contribution in [0.1, 0.15) is 63.5 Å². The molecular weight excluding hydrogens is 384 g/mol. The lowest BCUT2D eigenvalue weighted by Gasteiger charge is -2.30.